The first-order valence-corrected chi connectivity index (χ1v) is 12.1. The summed E-state index contributed by atoms with van der Waals surface area (Å²) >= 11 is 0. The van der Waals surface area contributed by atoms with Crippen LogP contribution in [-0.2, 0) is 9.59 Å². The maximum absolute atomic E-state index is 10.8. The summed E-state index contributed by atoms with van der Waals surface area (Å²) in [5.74, 6) is 0.298. The fourth-order valence-corrected chi connectivity index (χ4v) is 1.11. The molecular weight excluding hydrogens is 416 g/mol. The monoisotopic (exact) mass is 470 g/mol. The zero-order valence-electron chi connectivity index (χ0n) is 23.5. The summed E-state index contributed by atoms with van der Waals surface area (Å²) in [6.07, 6.45) is 2.64. The van der Waals surface area contributed by atoms with Crippen molar-refractivity contribution in [2.75, 3.05) is 20.1 Å². The highest BCUT2D eigenvalue weighted by molar-refractivity contribution is 5.85. The molecule has 0 spiro atoms. The van der Waals surface area contributed by atoms with Gasteiger partial charge in [0, 0.05) is 0 Å². The molecule has 0 fully saturated rings. The van der Waals surface area contributed by atoms with Gasteiger partial charge < -0.3 is 10.6 Å². The molecule has 0 saturated carbocycles. The van der Waals surface area contributed by atoms with E-state index in [4.69, 9.17) is 0 Å². The number of rotatable bonds is 5. The van der Waals surface area contributed by atoms with Crippen LogP contribution in [0.15, 0.2) is 30.3 Å². The molecule has 0 unspecified atom stereocenters. The van der Waals surface area contributed by atoms with Crippen molar-refractivity contribution in [3.05, 3.63) is 35.9 Å². The molecule has 0 aromatic heterocycles. The number of hydrogen-bond donors (Lipinski definition) is 4. The maximum atomic E-state index is 10.8. The van der Waals surface area contributed by atoms with Gasteiger partial charge in [0.25, 0.3) is 5.91 Å². The number of aryl methyl sites for hydroxylation is 1. The van der Waals surface area contributed by atoms with Gasteiger partial charge in [-0.3, -0.25) is 15.0 Å². The molecule has 3 amide bonds. The number of hydrazine groups is 1. The average molecular weight is 471 g/mol. The molecule has 0 saturated heterocycles. The molecule has 1 aromatic rings. The van der Waals surface area contributed by atoms with E-state index >= 15 is 0 Å². The highest BCUT2D eigenvalue weighted by Gasteiger charge is 2.02. The van der Waals surface area contributed by atoms with Crippen molar-refractivity contribution < 1.29 is 14.4 Å². The number of amides is 3. The quantitative estimate of drug-likeness (QED) is 0.418. The van der Waals surface area contributed by atoms with Crippen molar-refractivity contribution >= 4 is 17.7 Å². The number of carbonyl (C=O) groups excluding carboxylic acids is 3. The van der Waals surface area contributed by atoms with E-state index in [1.54, 1.807) is 7.05 Å². The second-order valence-electron chi connectivity index (χ2n) is 6.97. The minimum absolute atomic E-state index is 0.0618. The summed E-state index contributed by atoms with van der Waals surface area (Å²) < 4.78 is 0. The van der Waals surface area contributed by atoms with Crippen LogP contribution in [0.1, 0.15) is 87.6 Å². The molecular formula is C26H54N4O3. The summed E-state index contributed by atoms with van der Waals surface area (Å²) in [6, 6.07) is 9.64. The van der Waals surface area contributed by atoms with Crippen LogP contribution >= 0.6 is 0 Å². The first-order chi connectivity index (χ1) is 15.6. The van der Waals surface area contributed by atoms with Crippen LogP contribution < -0.4 is 21.5 Å². The van der Waals surface area contributed by atoms with Gasteiger partial charge in [0.05, 0.1) is 13.1 Å². The average Bonchev–Trinajstić information content (AvgIpc) is 2.80. The van der Waals surface area contributed by atoms with Gasteiger partial charge in [-0.05, 0) is 26.8 Å². The number of benzene rings is 1. The Morgan fingerprint density at radius 2 is 1.24 bits per heavy atom. The van der Waals surface area contributed by atoms with Gasteiger partial charge in [-0.15, -0.1) is 0 Å². The minimum Gasteiger partial charge on any atom is -0.330 e. The Labute approximate surface area is 204 Å². The Hall–Kier alpha value is -2.41. The summed E-state index contributed by atoms with van der Waals surface area (Å²) in [6.45, 7) is 22.3. The van der Waals surface area contributed by atoms with Crippen LogP contribution in [0.5, 0.6) is 0 Å². The smallest absolute Gasteiger partial charge is 0.330 e. The lowest BCUT2D eigenvalue weighted by atomic mass is 10.2. The number of carbonyl (C=O) groups is 3. The largest absolute Gasteiger partial charge is 0.333 e. The third kappa shape index (κ3) is 58.7. The minimum atomic E-state index is -0.621. The lowest BCUT2D eigenvalue weighted by Gasteiger charge is -2.07. The van der Waals surface area contributed by atoms with E-state index in [1.165, 1.54) is 25.3 Å². The van der Waals surface area contributed by atoms with Gasteiger partial charge in [-0.25, -0.2) is 10.2 Å². The van der Waals surface area contributed by atoms with E-state index in [0.717, 1.165) is 5.92 Å². The number of Topliss-reactive ketones (excluding diaryl/α,β-unsaturated/α-hetero) is 1. The molecule has 1 aromatic carbocycles. The van der Waals surface area contributed by atoms with Crippen molar-refractivity contribution in [3.8, 4) is 0 Å². The number of nitrogens with one attached hydrogen (secondary N) is 4. The Bertz CT molecular complexity index is 517. The van der Waals surface area contributed by atoms with Crippen LogP contribution in [0.3, 0.4) is 0 Å². The topological polar surface area (TPSA) is 99.3 Å². The second-order valence-corrected chi connectivity index (χ2v) is 6.97. The van der Waals surface area contributed by atoms with Crippen LogP contribution in [-0.4, -0.2) is 37.9 Å². The molecule has 7 nitrogen and oxygen atoms in total. The Kier molecular flexibility index (Phi) is 45.8. The number of ketones is 1. The maximum Gasteiger partial charge on any atom is 0.333 e. The summed E-state index contributed by atoms with van der Waals surface area (Å²) in [5.41, 5.74) is 5.53. The van der Waals surface area contributed by atoms with Crippen molar-refractivity contribution in [3.63, 3.8) is 0 Å². The van der Waals surface area contributed by atoms with Crippen molar-refractivity contribution in [2.24, 2.45) is 5.92 Å². The molecule has 0 aliphatic rings. The summed E-state index contributed by atoms with van der Waals surface area (Å²) in [4.78, 5) is 32.1. The zero-order chi connectivity index (χ0) is 27.1. The fourth-order valence-electron chi connectivity index (χ4n) is 1.11. The van der Waals surface area contributed by atoms with E-state index < -0.39 is 6.03 Å². The van der Waals surface area contributed by atoms with Gasteiger partial charge in [-0.2, -0.15) is 0 Å². The third-order valence-electron chi connectivity index (χ3n) is 2.59. The molecule has 0 aliphatic carbocycles. The molecule has 0 radical (unpaired) electrons. The van der Waals surface area contributed by atoms with Crippen LogP contribution in [0.4, 0.5) is 4.79 Å². The SMILES string of the molecule is CC.CC.CC(C)C.CCCC.CNCC(=O)NNC(=O)NCC(C)=O.Cc1ccccc1. The van der Waals surface area contributed by atoms with E-state index in [0.29, 0.717) is 0 Å². The van der Waals surface area contributed by atoms with E-state index in [-0.39, 0.29) is 24.8 Å². The third-order valence-corrected chi connectivity index (χ3v) is 2.59. The summed E-state index contributed by atoms with van der Waals surface area (Å²) in [7, 11) is 1.61. The van der Waals surface area contributed by atoms with Crippen LogP contribution in [0.25, 0.3) is 0 Å². The number of likely N-dealkylation sites (N-methyl/N-ethyl adjacent to an activating group) is 1. The van der Waals surface area contributed by atoms with Gasteiger partial charge >= 0.3 is 6.03 Å². The zero-order valence-corrected chi connectivity index (χ0v) is 23.5. The molecule has 7 heteroatoms. The number of urea groups is 1. The normalized spacial score (nSPS) is 8.03. The Balaban J connectivity index is -0.000000114. The molecule has 196 valence electrons. The van der Waals surface area contributed by atoms with Gasteiger partial charge in [0.2, 0.25) is 0 Å². The van der Waals surface area contributed by atoms with Crippen molar-refractivity contribution in [1.82, 2.24) is 21.5 Å². The van der Waals surface area contributed by atoms with Crippen LogP contribution in [0.2, 0.25) is 0 Å². The molecule has 0 heterocycles. The lowest BCUT2D eigenvalue weighted by Crippen LogP contribution is -2.49. The molecule has 0 bridgehead atoms. The molecule has 0 aliphatic heterocycles. The standard InChI is InChI=1S/C7H14N4O3.C7H8.2C4H10.2C2H6/c1-5(12)3-9-7(14)11-10-6(13)4-8-2;1-7-5-3-2-4-6-7;1-4(2)3;1-3-4-2;2*1-2/h8H,3-4H2,1-2H3,(H,10,13)(H2,9,11,14);2-6H,1H3;4H,1-3H3;3-4H2,1-2H3;2*1-2H3. The van der Waals surface area contributed by atoms with E-state index in [9.17, 15) is 14.4 Å². The highest BCUT2D eigenvalue weighted by atomic mass is 16.2. The molecule has 0 atom stereocenters. The van der Waals surface area contributed by atoms with E-state index in [1.807, 2.05) is 45.9 Å². The molecule has 1 rings (SSSR count). The van der Waals surface area contributed by atoms with Crippen LogP contribution in [0, 0.1) is 12.8 Å². The van der Waals surface area contributed by atoms with Gasteiger partial charge in [0.1, 0.15) is 5.78 Å². The Morgan fingerprint density at radius 1 is 0.818 bits per heavy atom. The fraction of sp³-hybridized carbons (Fsp3) is 0.654. The van der Waals surface area contributed by atoms with E-state index in [2.05, 4.69) is 75.2 Å². The van der Waals surface area contributed by atoms with Crippen molar-refractivity contribution in [2.45, 2.75) is 89.0 Å². The number of hydrogen-bond acceptors (Lipinski definition) is 4. The predicted molar refractivity (Wildman–Crippen MR) is 144 cm³/mol. The lowest BCUT2D eigenvalue weighted by molar-refractivity contribution is -0.120. The first kappa shape index (κ1) is 40.9. The Morgan fingerprint density at radius 3 is 1.52 bits per heavy atom. The van der Waals surface area contributed by atoms with Gasteiger partial charge in [-0.1, -0.05) is 111 Å². The van der Waals surface area contributed by atoms with Gasteiger partial charge in [0.15, 0.2) is 0 Å². The predicted octanol–water partition coefficient (Wildman–Crippen LogP) is 5.64. The summed E-state index contributed by atoms with van der Waals surface area (Å²) in [5, 5.41) is 4.85. The van der Waals surface area contributed by atoms with Crippen molar-refractivity contribution in [1.29, 1.82) is 0 Å². The molecule has 4 N–H and O–H groups in total. The highest BCUT2D eigenvalue weighted by Crippen LogP contribution is 1.92. The second kappa shape index (κ2) is 36.9. The first-order valence-electron chi connectivity index (χ1n) is 12.1. The molecule has 33 heavy (non-hydrogen) atoms. The number of unbranched alkanes of at least 4 members (excludes halogenated alkanes) is 1.